The topological polar surface area (TPSA) is 17.8 Å². The van der Waals surface area contributed by atoms with Crippen LogP contribution < -0.4 is 0 Å². The molecule has 3 aromatic rings. The van der Waals surface area contributed by atoms with Crippen LogP contribution in [0.15, 0.2) is 67.3 Å². The van der Waals surface area contributed by atoms with Gasteiger partial charge in [-0.3, -0.25) is 0 Å². The van der Waals surface area contributed by atoms with E-state index in [-0.39, 0.29) is 10.6 Å². The maximum atomic E-state index is 13.3. The van der Waals surface area contributed by atoms with Gasteiger partial charge in [-0.25, -0.2) is 9.37 Å². The first kappa shape index (κ1) is 15.5. The Morgan fingerprint density at radius 1 is 1.12 bits per heavy atom. The molecule has 0 N–H and O–H groups in total. The quantitative estimate of drug-likeness (QED) is 0.699. The van der Waals surface area contributed by atoms with Crippen molar-refractivity contribution < 1.29 is 4.39 Å². The minimum atomic E-state index is -0.181. The molecule has 4 rings (SSSR count). The Bertz CT molecular complexity index is 814. The number of fused-ring (bicyclic) bond motifs is 1. The molecule has 0 saturated carbocycles. The summed E-state index contributed by atoms with van der Waals surface area (Å²) in [6, 6.07) is 15.7. The summed E-state index contributed by atoms with van der Waals surface area (Å²) >= 11 is 2.01. The lowest BCUT2D eigenvalue weighted by atomic mass is 9.86. The second kappa shape index (κ2) is 6.44. The zero-order valence-corrected chi connectivity index (χ0v) is 14.2. The highest BCUT2D eigenvalue weighted by Gasteiger charge is 2.37. The predicted octanol–water partition coefficient (Wildman–Crippen LogP) is 4.45. The second-order valence-electron chi connectivity index (χ2n) is 6.29. The Hall–Kier alpha value is -2.07. The van der Waals surface area contributed by atoms with E-state index in [2.05, 4.69) is 33.8 Å². The largest absolute Gasteiger partial charge is 0.336 e. The number of hydrogen-bond acceptors (Lipinski definition) is 2. The fourth-order valence-corrected chi connectivity index (χ4v) is 5.13. The zero-order valence-electron chi connectivity index (χ0n) is 13.4. The Labute approximate surface area is 145 Å². The molecule has 0 aliphatic carbocycles. The maximum Gasteiger partial charge on any atom is 0.123 e. The van der Waals surface area contributed by atoms with Crippen molar-refractivity contribution in [3.05, 3.63) is 89.8 Å². The molecule has 1 atom stereocenters. The predicted molar refractivity (Wildman–Crippen MR) is 96.6 cm³/mol. The first-order valence-electron chi connectivity index (χ1n) is 8.18. The van der Waals surface area contributed by atoms with Crippen LogP contribution in [0.4, 0.5) is 4.39 Å². The Morgan fingerprint density at radius 3 is 2.75 bits per heavy atom. The van der Waals surface area contributed by atoms with E-state index in [0.29, 0.717) is 0 Å². The van der Waals surface area contributed by atoms with Crippen LogP contribution in [0.25, 0.3) is 0 Å². The molecule has 122 valence electrons. The molecule has 24 heavy (non-hydrogen) atoms. The highest BCUT2D eigenvalue weighted by molar-refractivity contribution is 8.00. The summed E-state index contributed by atoms with van der Waals surface area (Å²) in [5.74, 6) is 0.923. The molecular formula is C20H19FN2S. The van der Waals surface area contributed by atoms with Gasteiger partial charge in [0.05, 0.1) is 11.1 Å². The maximum absolute atomic E-state index is 13.3. The fraction of sp³-hybridized carbons (Fsp3) is 0.250. The molecule has 0 bridgehead atoms. The van der Waals surface area contributed by atoms with Crippen LogP contribution in [0.3, 0.4) is 0 Å². The summed E-state index contributed by atoms with van der Waals surface area (Å²) in [6.45, 7) is 0.867. The van der Waals surface area contributed by atoms with Crippen LogP contribution in [0.5, 0.6) is 0 Å². The van der Waals surface area contributed by atoms with Gasteiger partial charge in [-0.15, -0.1) is 11.8 Å². The Morgan fingerprint density at radius 2 is 1.96 bits per heavy atom. The average Bonchev–Trinajstić information content (AvgIpc) is 3.10. The highest BCUT2D eigenvalue weighted by Crippen LogP contribution is 2.46. The highest BCUT2D eigenvalue weighted by atomic mass is 32.2. The van der Waals surface area contributed by atoms with E-state index in [9.17, 15) is 4.39 Å². The van der Waals surface area contributed by atoms with E-state index in [0.717, 1.165) is 25.1 Å². The first-order chi connectivity index (χ1) is 11.8. The summed E-state index contributed by atoms with van der Waals surface area (Å²) in [4.78, 5) is 4.20. The van der Waals surface area contributed by atoms with E-state index in [1.54, 1.807) is 12.1 Å². The number of imidazole rings is 1. The Kier molecular flexibility index (Phi) is 4.15. The molecule has 1 aliphatic rings. The van der Waals surface area contributed by atoms with E-state index < -0.39 is 0 Å². The lowest BCUT2D eigenvalue weighted by molar-refractivity contribution is 0.499. The van der Waals surface area contributed by atoms with Crippen LogP contribution in [-0.2, 0) is 24.1 Å². The van der Waals surface area contributed by atoms with Crippen molar-refractivity contribution in [2.45, 2.75) is 24.1 Å². The molecule has 0 saturated heterocycles. The summed E-state index contributed by atoms with van der Waals surface area (Å²) in [6.07, 6.45) is 7.71. The fourth-order valence-electron chi connectivity index (χ4n) is 3.56. The monoisotopic (exact) mass is 338 g/mol. The molecule has 1 unspecified atom stereocenters. The number of nitrogens with zero attached hydrogens (tertiary/aromatic N) is 2. The molecular weight excluding hydrogens is 319 g/mol. The SMILES string of the molecule is Fc1ccc(CC2(Cn3ccnc3)SCCc3ccccc32)cc1. The third-order valence-corrected chi connectivity index (χ3v) is 6.11. The second-order valence-corrected chi connectivity index (χ2v) is 7.77. The molecule has 4 heteroatoms. The van der Waals surface area contributed by atoms with Crippen LogP contribution in [0, 0.1) is 5.82 Å². The summed E-state index contributed by atoms with van der Waals surface area (Å²) < 4.78 is 15.4. The minimum Gasteiger partial charge on any atom is -0.336 e. The van der Waals surface area contributed by atoms with Crippen molar-refractivity contribution in [2.24, 2.45) is 0 Å². The van der Waals surface area contributed by atoms with Gasteiger partial charge >= 0.3 is 0 Å². The summed E-state index contributed by atoms with van der Waals surface area (Å²) in [5, 5.41) is 0. The van der Waals surface area contributed by atoms with Crippen molar-refractivity contribution >= 4 is 11.8 Å². The number of rotatable bonds is 4. The van der Waals surface area contributed by atoms with Crippen LogP contribution in [0.2, 0.25) is 0 Å². The van der Waals surface area contributed by atoms with E-state index in [1.807, 2.05) is 42.6 Å². The van der Waals surface area contributed by atoms with Crippen molar-refractivity contribution in [1.82, 2.24) is 9.55 Å². The van der Waals surface area contributed by atoms with Crippen molar-refractivity contribution in [3.63, 3.8) is 0 Å². The summed E-state index contributed by atoms with van der Waals surface area (Å²) in [7, 11) is 0. The normalized spacial score (nSPS) is 19.9. The van der Waals surface area contributed by atoms with Crippen LogP contribution in [0.1, 0.15) is 16.7 Å². The number of aromatic nitrogens is 2. The number of halogens is 1. The van der Waals surface area contributed by atoms with Gasteiger partial charge in [0, 0.05) is 18.9 Å². The first-order valence-corrected chi connectivity index (χ1v) is 9.16. The minimum absolute atomic E-state index is 0.0482. The molecule has 0 radical (unpaired) electrons. The third-order valence-electron chi connectivity index (χ3n) is 4.66. The number of aryl methyl sites for hydroxylation is 1. The third kappa shape index (κ3) is 2.98. The summed E-state index contributed by atoms with van der Waals surface area (Å²) in [5.41, 5.74) is 4.00. The van der Waals surface area contributed by atoms with E-state index in [1.165, 1.54) is 16.7 Å². The van der Waals surface area contributed by atoms with Crippen molar-refractivity contribution in [2.75, 3.05) is 5.75 Å². The molecule has 0 amide bonds. The van der Waals surface area contributed by atoms with Crippen LogP contribution in [-0.4, -0.2) is 15.3 Å². The van der Waals surface area contributed by atoms with E-state index >= 15 is 0 Å². The van der Waals surface area contributed by atoms with Crippen molar-refractivity contribution in [1.29, 1.82) is 0 Å². The molecule has 0 spiro atoms. The van der Waals surface area contributed by atoms with Gasteiger partial charge < -0.3 is 4.57 Å². The molecule has 1 aromatic heterocycles. The lowest BCUT2D eigenvalue weighted by Crippen LogP contribution is -2.35. The van der Waals surface area contributed by atoms with Crippen LogP contribution >= 0.6 is 11.8 Å². The lowest BCUT2D eigenvalue weighted by Gasteiger charge is -2.39. The standard InChI is InChI=1S/C20H19FN2S/c21-18-7-5-16(6-8-18)13-20(14-23-11-10-22-15-23)19-4-2-1-3-17(19)9-12-24-20/h1-8,10-11,15H,9,12-14H2. The van der Waals surface area contributed by atoms with Gasteiger partial charge in [-0.1, -0.05) is 36.4 Å². The van der Waals surface area contributed by atoms with Gasteiger partial charge in [0.15, 0.2) is 0 Å². The van der Waals surface area contributed by atoms with Gasteiger partial charge in [-0.2, -0.15) is 0 Å². The average molecular weight is 338 g/mol. The van der Waals surface area contributed by atoms with Gasteiger partial charge in [0.2, 0.25) is 0 Å². The van der Waals surface area contributed by atoms with Gasteiger partial charge in [0.1, 0.15) is 5.82 Å². The van der Waals surface area contributed by atoms with E-state index in [4.69, 9.17) is 0 Å². The van der Waals surface area contributed by atoms with Gasteiger partial charge in [0.25, 0.3) is 0 Å². The zero-order chi connectivity index (χ0) is 16.4. The number of benzene rings is 2. The molecule has 0 fully saturated rings. The van der Waals surface area contributed by atoms with Gasteiger partial charge in [-0.05, 0) is 47.4 Å². The molecule has 2 aromatic carbocycles. The van der Waals surface area contributed by atoms with Crippen molar-refractivity contribution in [3.8, 4) is 0 Å². The number of thioether (sulfide) groups is 1. The molecule has 2 nitrogen and oxygen atoms in total. The Balaban J connectivity index is 1.77. The molecule has 2 heterocycles. The smallest absolute Gasteiger partial charge is 0.123 e. The number of hydrogen-bond donors (Lipinski definition) is 0. The molecule has 1 aliphatic heterocycles.